The summed E-state index contributed by atoms with van der Waals surface area (Å²) < 4.78 is 0. The van der Waals surface area contributed by atoms with Gasteiger partial charge in [-0.05, 0) is 23.8 Å². The lowest BCUT2D eigenvalue weighted by atomic mass is 10.1. The number of carbonyl (C=O) groups excluding carboxylic acids is 1. The lowest BCUT2D eigenvalue weighted by Crippen LogP contribution is -2.12. The van der Waals surface area contributed by atoms with E-state index in [2.05, 4.69) is 0 Å². The summed E-state index contributed by atoms with van der Waals surface area (Å²) in [5, 5.41) is 9.37. The van der Waals surface area contributed by atoms with Crippen molar-refractivity contribution in [1.82, 2.24) is 0 Å². The van der Waals surface area contributed by atoms with Crippen LogP contribution in [-0.2, 0) is 4.79 Å². The fourth-order valence-electron chi connectivity index (χ4n) is 0.927. The molecule has 0 saturated heterocycles. The van der Waals surface area contributed by atoms with E-state index in [1.54, 1.807) is 24.3 Å². The van der Waals surface area contributed by atoms with Gasteiger partial charge in [0.25, 0.3) is 5.91 Å². The topological polar surface area (TPSA) is 66.9 Å². The SMILES string of the molecule is N#C/C(=C\c1ccc(Cl)c(Cl)c1)C(N)=O. The summed E-state index contributed by atoms with van der Waals surface area (Å²) in [6.07, 6.45) is 1.35. The molecule has 1 amide bonds. The molecule has 0 heterocycles. The van der Waals surface area contributed by atoms with Crippen molar-refractivity contribution >= 4 is 35.2 Å². The molecule has 2 N–H and O–H groups in total. The summed E-state index contributed by atoms with van der Waals surface area (Å²) in [4.78, 5) is 10.8. The van der Waals surface area contributed by atoms with Gasteiger partial charge in [0.15, 0.2) is 0 Å². The summed E-state index contributed by atoms with van der Waals surface area (Å²) in [6.45, 7) is 0. The Morgan fingerprint density at radius 1 is 1.40 bits per heavy atom. The van der Waals surface area contributed by atoms with Gasteiger partial charge in [-0.3, -0.25) is 4.79 Å². The molecular formula is C10H6Cl2N2O. The first kappa shape index (κ1) is 11.6. The molecule has 0 aromatic heterocycles. The van der Waals surface area contributed by atoms with Crippen molar-refractivity contribution in [2.45, 2.75) is 0 Å². The molecule has 0 bridgehead atoms. The van der Waals surface area contributed by atoms with E-state index in [1.165, 1.54) is 6.08 Å². The molecule has 5 heteroatoms. The molecule has 0 unspecified atom stereocenters. The molecular weight excluding hydrogens is 235 g/mol. The number of nitrogens with zero attached hydrogens (tertiary/aromatic N) is 1. The number of hydrogen-bond acceptors (Lipinski definition) is 2. The lowest BCUT2D eigenvalue weighted by Gasteiger charge is -1.98. The third-order valence-corrected chi connectivity index (χ3v) is 2.38. The minimum Gasteiger partial charge on any atom is -0.365 e. The third kappa shape index (κ3) is 2.98. The summed E-state index contributed by atoms with van der Waals surface area (Å²) in [6, 6.07) is 6.45. The van der Waals surface area contributed by atoms with Gasteiger partial charge in [0.05, 0.1) is 10.0 Å². The van der Waals surface area contributed by atoms with Crippen molar-refractivity contribution in [3.63, 3.8) is 0 Å². The molecule has 0 atom stereocenters. The van der Waals surface area contributed by atoms with E-state index in [-0.39, 0.29) is 5.57 Å². The maximum atomic E-state index is 10.8. The summed E-state index contributed by atoms with van der Waals surface area (Å²) >= 11 is 11.5. The van der Waals surface area contributed by atoms with Crippen LogP contribution >= 0.6 is 23.2 Å². The Balaban J connectivity index is 3.14. The zero-order valence-electron chi connectivity index (χ0n) is 7.50. The Morgan fingerprint density at radius 3 is 2.53 bits per heavy atom. The Hall–Kier alpha value is -1.50. The number of nitriles is 1. The van der Waals surface area contributed by atoms with Gasteiger partial charge in [-0.1, -0.05) is 29.3 Å². The van der Waals surface area contributed by atoms with Gasteiger partial charge in [0.2, 0.25) is 0 Å². The van der Waals surface area contributed by atoms with Crippen molar-refractivity contribution in [2.24, 2.45) is 5.73 Å². The van der Waals surface area contributed by atoms with Crippen LogP contribution in [0, 0.1) is 11.3 Å². The van der Waals surface area contributed by atoms with Crippen molar-refractivity contribution in [2.75, 3.05) is 0 Å². The minimum atomic E-state index is -0.774. The normalized spacial score (nSPS) is 10.9. The van der Waals surface area contributed by atoms with E-state index in [0.717, 1.165) is 0 Å². The molecule has 1 aromatic carbocycles. The van der Waals surface area contributed by atoms with Crippen molar-refractivity contribution in [3.05, 3.63) is 39.4 Å². The van der Waals surface area contributed by atoms with Crippen LogP contribution in [0.15, 0.2) is 23.8 Å². The van der Waals surface area contributed by atoms with E-state index >= 15 is 0 Å². The number of hydrogen-bond donors (Lipinski definition) is 1. The molecule has 15 heavy (non-hydrogen) atoms. The van der Waals surface area contributed by atoms with E-state index < -0.39 is 5.91 Å². The van der Waals surface area contributed by atoms with E-state index in [0.29, 0.717) is 15.6 Å². The Bertz CT molecular complexity index is 475. The Morgan fingerprint density at radius 2 is 2.07 bits per heavy atom. The van der Waals surface area contributed by atoms with Crippen LogP contribution in [0.25, 0.3) is 6.08 Å². The van der Waals surface area contributed by atoms with Crippen LogP contribution in [0.1, 0.15) is 5.56 Å². The number of amides is 1. The number of rotatable bonds is 2. The van der Waals surface area contributed by atoms with E-state index in [4.69, 9.17) is 34.2 Å². The number of carbonyl (C=O) groups is 1. The molecule has 0 spiro atoms. The molecule has 0 saturated carbocycles. The standard InChI is InChI=1S/C10H6Cl2N2O/c11-8-2-1-6(4-9(8)12)3-7(5-13)10(14)15/h1-4H,(H2,14,15)/b7-3+. The zero-order chi connectivity index (χ0) is 11.4. The second-order valence-corrected chi connectivity index (χ2v) is 3.52. The first-order valence-corrected chi connectivity index (χ1v) is 4.67. The molecule has 76 valence electrons. The first-order valence-electron chi connectivity index (χ1n) is 3.91. The Kier molecular flexibility index (Phi) is 3.73. The summed E-state index contributed by atoms with van der Waals surface area (Å²) in [7, 11) is 0. The molecule has 0 radical (unpaired) electrons. The van der Waals surface area contributed by atoms with Gasteiger partial charge in [-0.2, -0.15) is 5.26 Å². The number of nitrogens with two attached hydrogens (primary N) is 1. The molecule has 1 aromatic rings. The van der Waals surface area contributed by atoms with E-state index in [9.17, 15) is 4.79 Å². The highest BCUT2D eigenvalue weighted by molar-refractivity contribution is 6.42. The van der Waals surface area contributed by atoms with Crippen LogP contribution in [0.4, 0.5) is 0 Å². The maximum Gasteiger partial charge on any atom is 0.259 e. The minimum absolute atomic E-state index is 0.131. The monoisotopic (exact) mass is 240 g/mol. The highest BCUT2D eigenvalue weighted by atomic mass is 35.5. The molecule has 0 aliphatic carbocycles. The van der Waals surface area contributed by atoms with Crippen molar-refractivity contribution < 1.29 is 4.79 Å². The van der Waals surface area contributed by atoms with E-state index in [1.807, 2.05) is 0 Å². The highest BCUT2D eigenvalue weighted by Gasteiger charge is 2.04. The molecule has 0 aliphatic heterocycles. The van der Waals surface area contributed by atoms with Crippen molar-refractivity contribution in [1.29, 1.82) is 5.26 Å². The fraction of sp³-hybridized carbons (Fsp3) is 0. The van der Waals surface area contributed by atoms with Gasteiger partial charge in [0.1, 0.15) is 11.6 Å². The van der Waals surface area contributed by atoms with Gasteiger partial charge in [-0.25, -0.2) is 0 Å². The molecule has 0 aliphatic rings. The van der Waals surface area contributed by atoms with Crippen LogP contribution in [-0.4, -0.2) is 5.91 Å². The predicted molar refractivity (Wildman–Crippen MR) is 59.2 cm³/mol. The van der Waals surface area contributed by atoms with Gasteiger partial charge in [0, 0.05) is 0 Å². The largest absolute Gasteiger partial charge is 0.365 e. The molecule has 0 fully saturated rings. The van der Waals surface area contributed by atoms with Crippen molar-refractivity contribution in [3.8, 4) is 6.07 Å². The lowest BCUT2D eigenvalue weighted by molar-refractivity contribution is -0.114. The highest BCUT2D eigenvalue weighted by Crippen LogP contribution is 2.23. The quantitative estimate of drug-likeness (QED) is 0.638. The van der Waals surface area contributed by atoms with Crippen LogP contribution in [0.2, 0.25) is 10.0 Å². The van der Waals surface area contributed by atoms with Crippen LogP contribution in [0.3, 0.4) is 0 Å². The van der Waals surface area contributed by atoms with Gasteiger partial charge < -0.3 is 5.73 Å². The van der Waals surface area contributed by atoms with Gasteiger partial charge in [-0.15, -0.1) is 0 Å². The second-order valence-electron chi connectivity index (χ2n) is 2.71. The maximum absolute atomic E-state index is 10.8. The average molecular weight is 241 g/mol. The Labute approximate surface area is 96.7 Å². The molecule has 1 rings (SSSR count). The fourth-order valence-corrected chi connectivity index (χ4v) is 1.23. The predicted octanol–water partition coefficient (Wildman–Crippen LogP) is 2.39. The smallest absolute Gasteiger partial charge is 0.259 e. The second kappa shape index (κ2) is 4.83. The number of primary amides is 1. The van der Waals surface area contributed by atoms with Gasteiger partial charge >= 0.3 is 0 Å². The average Bonchev–Trinajstić information content (AvgIpc) is 2.19. The van der Waals surface area contributed by atoms with Crippen LogP contribution in [0.5, 0.6) is 0 Å². The molecule has 3 nitrogen and oxygen atoms in total. The number of halogens is 2. The number of benzene rings is 1. The first-order chi connectivity index (χ1) is 7.04. The zero-order valence-corrected chi connectivity index (χ0v) is 9.01. The van der Waals surface area contributed by atoms with Crippen LogP contribution < -0.4 is 5.73 Å². The summed E-state index contributed by atoms with van der Waals surface area (Å²) in [5.74, 6) is -0.774. The third-order valence-electron chi connectivity index (χ3n) is 1.64. The summed E-state index contributed by atoms with van der Waals surface area (Å²) in [5.41, 5.74) is 5.44.